The highest BCUT2D eigenvalue weighted by Crippen LogP contribution is 2.57. The molecule has 6 heteroatoms. The Labute approximate surface area is 200 Å². The van der Waals surface area contributed by atoms with Crippen molar-refractivity contribution in [2.45, 2.75) is 88.9 Å². The molecule has 2 aromatic rings. The van der Waals surface area contributed by atoms with Gasteiger partial charge < -0.3 is 9.30 Å². The lowest BCUT2D eigenvalue weighted by atomic mass is 9.53. The van der Waals surface area contributed by atoms with Crippen LogP contribution in [-0.4, -0.2) is 45.2 Å². The number of carbonyl (C=O) groups is 1. The lowest BCUT2D eigenvalue weighted by Gasteiger charge is -2.59. The number of fused-ring (bicyclic) bond motifs is 4. The van der Waals surface area contributed by atoms with E-state index in [1.54, 1.807) is 6.92 Å². The summed E-state index contributed by atoms with van der Waals surface area (Å²) in [5.41, 5.74) is 1.18. The molecule has 0 N–H and O–H groups in total. The van der Waals surface area contributed by atoms with Crippen LogP contribution in [0.1, 0.15) is 81.2 Å². The number of carbonyl (C=O) groups excluding carboxylic acids is 1. The van der Waals surface area contributed by atoms with E-state index in [0.29, 0.717) is 17.6 Å². The van der Waals surface area contributed by atoms with Crippen LogP contribution in [0.5, 0.6) is 0 Å². The van der Waals surface area contributed by atoms with Crippen molar-refractivity contribution in [1.29, 1.82) is 0 Å². The molecule has 6 aliphatic rings. The minimum Gasteiger partial charge on any atom is -0.461 e. The average molecular weight is 462 g/mol. The Kier molecular flexibility index (Phi) is 4.91. The normalized spacial score (nSPS) is 38.5. The van der Waals surface area contributed by atoms with Crippen LogP contribution < -0.4 is 5.56 Å². The van der Waals surface area contributed by atoms with Gasteiger partial charge in [0, 0.05) is 24.2 Å². The van der Waals surface area contributed by atoms with Gasteiger partial charge in [0.05, 0.1) is 17.6 Å². The summed E-state index contributed by atoms with van der Waals surface area (Å²) in [6, 6.07) is 9.73. The number of para-hydroxylation sites is 2. The zero-order valence-electron chi connectivity index (χ0n) is 20.1. The van der Waals surface area contributed by atoms with Crippen LogP contribution >= 0.6 is 0 Å². The summed E-state index contributed by atoms with van der Waals surface area (Å²) >= 11 is 0. The van der Waals surface area contributed by atoms with Crippen molar-refractivity contribution >= 4 is 17.0 Å². The molecule has 180 valence electrons. The van der Waals surface area contributed by atoms with Crippen LogP contribution in [0.25, 0.3) is 11.0 Å². The molecular formula is C28H35N3O3. The minimum atomic E-state index is -0.610. The van der Waals surface area contributed by atoms with E-state index in [0.717, 1.165) is 48.1 Å². The molecule has 4 aliphatic carbocycles. The third-order valence-electron chi connectivity index (χ3n) is 9.91. The lowest BCUT2D eigenvalue weighted by molar-refractivity contribution is -0.0938. The Balaban J connectivity index is 1.23. The maximum Gasteiger partial charge on any atom is 0.362 e. The molecular weight excluding hydrogens is 426 g/mol. The highest BCUT2D eigenvalue weighted by Gasteiger charge is 2.55. The number of ether oxygens (including phenoxy) is 1. The second kappa shape index (κ2) is 7.91. The van der Waals surface area contributed by atoms with Crippen molar-refractivity contribution in [1.82, 2.24) is 14.5 Å². The highest BCUT2D eigenvalue weighted by molar-refractivity contribution is 5.89. The van der Waals surface area contributed by atoms with Crippen LogP contribution in [0, 0.1) is 23.7 Å². The molecule has 0 radical (unpaired) electrons. The van der Waals surface area contributed by atoms with Gasteiger partial charge >= 0.3 is 5.97 Å². The Bertz CT molecular complexity index is 1150. The summed E-state index contributed by atoms with van der Waals surface area (Å²) < 4.78 is 7.08. The molecule has 1 aromatic heterocycles. The molecule has 6 bridgehead atoms. The molecule has 4 saturated carbocycles. The fourth-order valence-corrected chi connectivity index (χ4v) is 9.11. The summed E-state index contributed by atoms with van der Waals surface area (Å²) in [4.78, 5) is 33.6. The molecule has 1 aromatic carbocycles. The van der Waals surface area contributed by atoms with E-state index < -0.39 is 5.97 Å². The van der Waals surface area contributed by atoms with Gasteiger partial charge in [0.1, 0.15) is 0 Å². The van der Waals surface area contributed by atoms with Gasteiger partial charge in [-0.15, -0.1) is 0 Å². The van der Waals surface area contributed by atoms with Crippen molar-refractivity contribution in [3.8, 4) is 0 Å². The van der Waals surface area contributed by atoms with Gasteiger partial charge in [0.25, 0.3) is 5.56 Å². The molecule has 6 fully saturated rings. The molecule has 6 nitrogen and oxygen atoms in total. The Morgan fingerprint density at radius 2 is 1.59 bits per heavy atom. The molecule has 2 aliphatic heterocycles. The number of nitrogens with zero attached hydrogens (tertiary/aromatic N) is 3. The molecule has 0 spiro atoms. The quantitative estimate of drug-likeness (QED) is 0.625. The smallest absolute Gasteiger partial charge is 0.362 e. The van der Waals surface area contributed by atoms with Crippen LogP contribution in [-0.2, 0) is 4.74 Å². The van der Waals surface area contributed by atoms with Crippen molar-refractivity contribution in [2.75, 3.05) is 6.61 Å². The molecule has 3 heterocycles. The lowest BCUT2D eigenvalue weighted by Crippen LogP contribution is -2.60. The summed E-state index contributed by atoms with van der Waals surface area (Å²) in [6.45, 7) is 2.00. The van der Waals surface area contributed by atoms with Gasteiger partial charge in [-0.2, -0.15) is 0 Å². The topological polar surface area (TPSA) is 64.4 Å². The zero-order valence-corrected chi connectivity index (χ0v) is 20.1. The first kappa shape index (κ1) is 21.1. The zero-order chi connectivity index (χ0) is 23.0. The number of rotatable bonds is 4. The van der Waals surface area contributed by atoms with Crippen LogP contribution in [0.15, 0.2) is 29.1 Å². The molecule has 2 saturated heterocycles. The Morgan fingerprint density at radius 3 is 2.24 bits per heavy atom. The average Bonchev–Trinajstić information content (AvgIpc) is 3.06. The largest absolute Gasteiger partial charge is 0.461 e. The third-order valence-corrected chi connectivity index (χ3v) is 9.91. The van der Waals surface area contributed by atoms with E-state index in [9.17, 15) is 9.59 Å². The first-order valence-electron chi connectivity index (χ1n) is 13.6. The number of hydrogen-bond acceptors (Lipinski definition) is 5. The van der Waals surface area contributed by atoms with Crippen LogP contribution in [0.4, 0.5) is 0 Å². The van der Waals surface area contributed by atoms with Crippen LogP contribution in [0.3, 0.4) is 0 Å². The van der Waals surface area contributed by atoms with E-state index in [-0.39, 0.29) is 23.9 Å². The first-order valence-corrected chi connectivity index (χ1v) is 13.6. The Hall–Kier alpha value is -2.21. The highest BCUT2D eigenvalue weighted by atomic mass is 16.5. The Morgan fingerprint density at radius 1 is 0.941 bits per heavy atom. The van der Waals surface area contributed by atoms with Gasteiger partial charge in [-0.25, -0.2) is 9.78 Å². The maximum absolute atomic E-state index is 13.6. The summed E-state index contributed by atoms with van der Waals surface area (Å²) in [5, 5.41) is 0. The van der Waals surface area contributed by atoms with Gasteiger partial charge in [-0.1, -0.05) is 12.1 Å². The predicted molar refractivity (Wildman–Crippen MR) is 130 cm³/mol. The van der Waals surface area contributed by atoms with E-state index in [4.69, 9.17) is 4.74 Å². The standard InChI is InChI=1S/C28H35N3O3/c1-2-34-28(33)25-27(32)31(24-6-4-3-5-23(24)29-25)22-14-20-7-8-21(15-22)30(20)26-18-10-16-9-17(12-18)13-19(26)11-16/h3-6,16-22,26H,2,7-15H2,1H3/t16?,17?,18?,19?,20-,21+,22?,26?. The summed E-state index contributed by atoms with van der Waals surface area (Å²) in [7, 11) is 0. The predicted octanol–water partition coefficient (Wildman–Crippen LogP) is 4.57. The maximum atomic E-state index is 13.6. The fraction of sp³-hybridized carbons (Fsp3) is 0.679. The molecule has 3 atom stereocenters. The molecule has 34 heavy (non-hydrogen) atoms. The van der Waals surface area contributed by atoms with E-state index in [1.165, 1.54) is 44.9 Å². The van der Waals surface area contributed by atoms with Crippen molar-refractivity contribution in [3.05, 3.63) is 40.3 Å². The SMILES string of the molecule is CCOC(=O)c1nc2ccccc2n(C2C[C@H]3CC[C@@H](C2)N3C2C3CC4CC(C3)CC2C4)c1=O. The first-order chi connectivity index (χ1) is 16.6. The number of hydrogen-bond donors (Lipinski definition) is 0. The van der Waals surface area contributed by atoms with Gasteiger partial charge in [0.2, 0.25) is 5.69 Å². The molecule has 8 rings (SSSR count). The van der Waals surface area contributed by atoms with E-state index >= 15 is 0 Å². The van der Waals surface area contributed by atoms with Gasteiger partial charge in [-0.3, -0.25) is 9.69 Å². The third kappa shape index (κ3) is 3.13. The van der Waals surface area contributed by atoms with Gasteiger partial charge in [0.15, 0.2) is 0 Å². The molecule has 1 unspecified atom stereocenters. The van der Waals surface area contributed by atoms with Crippen LogP contribution in [0.2, 0.25) is 0 Å². The number of benzene rings is 1. The minimum absolute atomic E-state index is 0.0728. The number of esters is 1. The van der Waals surface area contributed by atoms with Crippen molar-refractivity contribution in [3.63, 3.8) is 0 Å². The number of aromatic nitrogens is 2. The van der Waals surface area contributed by atoms with Gasteiger partial charge in [-0.05, 0) is 101 Å². The molecule has 0 amide bonds. The van der Waals surface area contributed by atoms with Crippen molar-refractivity contribution < 1.29 is 9.53 Å². The fourth-order valence-electron chi connectivity index (χ4n) is 9.11. The monoisotopic (exact) mass is 461 g/mol. The van der Waals surface area contributed by atoms with E-state index in [2.05, 4.69) is 9.88 Å². The second-order valence-corrected chi connectivity index (χ2v) is 11.7. The second-order valence-electron chi connectivity index (χ2n) is 11.7. The van der Waals surface area contributed by atoms with E-state index in [1.807, 2.05) is 28.8 Å². The number of piperidine rings is 1. The summed E-state index contributed by atoms with van der Waals surface area (Å²) in [5.74, 6) is 3.18. The van der Waals surface area contributed by atoms with Crippen molar-refractivity contribution in [2.24, 2.45) is 23.7 Å². The summed E-state index contributed by atoms with van der Waals surface area (Å²) in [6.07, 6.45) is 11.8.